The lowest BCUT2D eigenvalue weighted by Crippen LogP contribution is -2.60. The number of hydrogen-bond donors (Lipinski definition) is 0. The molecule has 3 atom stereocenters. The van der Waals surface area contributed by atoms with Crippen LogP contribution in [-0.2, 0) is 0 Å². The molecule has 0 spiro atoms. The fourth-order valence-electron chi connectivity index (χ4n) is 5.48. The summed E-state index contributed by atoms with van der Waals surface area (Å²) in [7, 11) is 1.70. The van der Waals surface area contributed by atoms with Crippen molar-refractivity contribution >= 4 is 5.91 Å². The van der Waals surface area contributed by atoms with Crippen LogP contribution in [0.1, 0.15) is 40.4 Å². The molecule has 2 aromatic rings. The largest absolute Gasteiger partial charge is 0.497 e. The molecule has 1 amide bonds. The average Bonchev–Trinajstić information content (AvgIpc) is 3.33. The lowest BCUT2D eigenvalue weighted by atomic mass is 9.75. The van der Waals surface area contributed by atoms with Gasteiger partial charge in [-0.05, 0) is 56.5 Å². The van der Waals surface area contributed by atoms with Crippen molar-refractivity contribution in [2.24, 2.45) is 5.92 Å². The molecule has 0 aliphatic carbocycles. The van der Waals surface area contributed by atoms with Crippen molar-refractivity contribution in [2.45, 2.75) is 37.8 Å². The molecule has 27 heavy (non-hydrogen) atoms. The Morgan fingerprint density at radius 3 is 2.78 bits per heavy atom. The van der Waals surface area contributed by atoms with E-state index in [-0.39, 0.29) is 11.9 Å². The smallest absolute Gasteiger partial charge is 0.259 e. The monoisotopic (exact) mass is 367 g/mol. The van der Waals surface area contributed by atoms with E-state index in [1.54, 1.807) is 13.3 Å². The van der Waals surface area contributed by atoms with Crippen molar-refractivity contribution in [3.63, 3.8) is 0 Å². The van der Waals surface area contributed by atoms with Crippen LogP contribution < -0.4 is 4.74 Å². The standard InChI is InChI=1S/C21H25N3O3/c1-13-17(11-22-27-13)21(25)24-12-18(15-4-3-5-16(10-15)26-2)20-19(24)14-6-8-23(20)9-7-14/h3-5,10-11,14,18-20H,6-9,12H2,1-2H3/t18-,19-,20-/m1/s1. The van der Waals surface area contributed by atoms with Crippen molar-refractivity contribution in [1.82, 2.24) is 15.0 Å². The Morgan fingerprint density at radius 2 is 2.07 bits per heavy atom. The third kappa shape index (κ3) is 2.57. The topological polar surface area (TPSA) is 58.8 Å². The van der Waals surface area contributed by atoms with Crippen LogP contribution in [0, 0.1) is 12.8 Å². The highest BCUT2D eigenvalue weighted by Crippen LogP contribution is 2.47. The van der Waals surface area contributed by atoms with Gasteiger partial charge in [0.15, 0.2) is 0 Å². The van der Waals surface area contributed by atoms with Gasteiger partial charge in [0.1, 0.15) is 17.1 Å². The zero-order valence-electron chi connectivity index (χ0n) is 15.8. The fraction of sp³-hybridized carbons (Fsp3) is 0.524. The predicted octanol–water partition coefficient (Wildman–Crippen LogP) is 2.69. The summed E-state index contributed by atoms with van der Waals surface area (Å²) in [6, 6.07) is 8.98. The highest BCUT2D eigenvalue weighted by molar-refractivity contribution is 5.95. The van der Waals surface area contributed by atoms with Crippen molar-refractivity contribution < 1.29 is 14.1 Å². The molecule has 2 bridgehead atoms. The molecule has 142 valence electrons. The van der Waals surface area contributed by atoms with E-state index in [2.05, 4.69) is 27.1 Å². The maximum Gasteiger partial charge on any atom is 0.259 e. The van der Waals surface area contributed by atoms with E-state index in [0.29, 0.717) is 29.2 Å². The van der Waals surface area contributed by atoms with Gasteiger partial charge in [0, 0.05) is 18.5 Å². The van der Waals surface area contributed by atoms with Gasteiger partial charge in [-0.25, -0.2) is 0 Å². The van der Waals surface area contributed by atoms with E-state index < -0.39 is 0 Å². The maximum absolute atomic E-state index is 13.3. The Balaban J connectivity index is 1.54. The second-order valence-electron chi connectivity index (χ2n) is 7.99. The van der Waals surface area contributed by atoms with Crippen molar-refractivity contribution in [3.8, 4) is 5.75 Å². The number of amides is 1. The van der Waals surface area contributed by atoms with Gasteiger partial charge in [-0.15, -0.1) is 0 Å². The highest BCUT2D eigenvalue weighted by Gasteiger charge is 2.54. The lowest BCUT2D eigenvalue weighted by molar-refractivity contribution is -0.00346. The van der Waals surface area contributed by atoms with Gasteiger partial charge in [-0.2, -0.15) is 0 Å². The first-order chi connectivity index (χ1) is 13.2. The first-order valence-corrected chi connectivity index (χ1v) is 9.77. The molecule has 4 aliphatic rings. The zero-order valence-corrected chi connectivity index (χ0v) is 15.8. The third-order valence-corrected chi connectivity index (χ3v) is 6.76. The molecule has 5 heterocycles. The number of fused-ring (bicyclic) bond motifs is 2. The SMILES string of the molecule is COc1cccc([C@H]2CN(C(=O)c3cnoc3C)[C@@H]3C4CCN(CC4)[C@H]23)c1. The number of aryl methyl sites for hydroxylation is 1. The molecule has 4 fully saturated rings. The molecule has 1 aromatic carbocycles. The minimum absolute atomic E-state index is 0.0582. The van der Waals surface area contributed by atoms with Crippen molar-refractivity contribution in [2.75, 3.05) is 26.7 Å². The fourth-order valence-corrected chi connectivity index (χ4v) is 5.48. The van der Waals surface area contributed by atoms with Crippen molar-refractivity contribution in [3.05, 3.63) is 47.3 Å². The van der Waals surface area contributed by atoms with E-state index in [1.807, 2.05) is 19.1 Å². The number of likely N-dealkylation sites (tertiary alicyclic amines) is 1. The second kappa shape index (κ2) is 6.37. The molecule has 0 saturated carbocycles. The van der Waals surface area contributed by atoms with Gasteiger partial charge < -0.3 is 14.2 Å². The van der Waals surface area contributed by atoms with Crippen LogP contribution in [0.2, 0.25) is 0 Å². The van der Waals surface area contributed by atoms with Crippen LogP contribution >= 0.6 is 0 Å². The number of ether oxygens (including phenoxy) is 1. The van der Waals surface area contributed by atoms with Crippen LogP contribution in [0.4, 0.5) is 0 Å². The minimum Gasteiger partial charge on any atom is -0.497 e. The number of aromatic nitrogens is 1. The number of rotatable bonds is 3. The lowest BCUT2D eigenvalue weighted by Gasteiger charge is -2.51. The summed E-state index contributed by atoms with van der Waals surface area (Å²) >= 11 is 0. The highest BCUT2D eigenvalue weighted by atomic mass is 16.5. The number of piperidine rings is 3. The first-order valence-electron chi connectivity index (χ1n) is 9.77. The Kier molecular flexibility index (Phi) is 3.97. The molecule has 6 nitrogen and oxygen atoms in total. The molecule has 0 N–H and O–H groups in total. The van der Waals surface area contributed by atoms with E-state index >= 15 is 0 Å². The minimum atomic E-state index is 0.0582. The Hall–Kier alpha value is -2.34. The quantitative estimate of drug-likeness (QED) is 0.835. The Morgan fingerprint density at radius 1 is 1.26 bits per heavy atom. The molecule has 1 aromatic heterocycles. The molecule has 0 unspecified atom stereocenters. The van der Waals surface area contributed by atoms with Crippen molar-refractivity contribution in [1.29, 1.82) is 0 Å². The summed E-state index contributed by atoms with van der Waals surface area (Å²) in [5.74, 6) is 2.42. The second-order valence-corrected chi connectivity index (χ2v) is 7.99. The van der Waals surface area contributed by atoms with E-state index in [1.165, 1.54) is 18.4 Å². The van der Waals surface area contributed by atoms with Crippen LogP contribution in [0.5, 0.6) is 5.75 Å². The zero-order chi connectivity index (χ0) is 18.5. The average molecular weight is 367 g/mol. The van der Waals surface area contributed by atoms with E-state index in [4.69, 9.17) is 9.26 Å². The Labute approximate surface area is 159 Å². The Bertz CT molecular complexity index is 856. The summed E-state index contributed by atoms with van der Waals surface area (Å²) in [6.07, 6.45) is 3.92. The van der Waals surface area contributed by atoms with Gasteiger partial charge in [-0.1, -0.05) is 17.3 Å². The molecule has 4 saturated heterocycles. The van der Waals surface area contributed by atoms with Crippen LogP contribution in [-0.4, -0.2) is 59.7 Å². The third-order valence-electron chi connectivity index (χ3n) is 6.76. The van der Waals surface area contributed by atoms with E-state index in [9.17, 15) is 4.79 Å². The van der Waals surface area contributed by atoms with Crippen LogP contribution in [0.3, 0.4) is 0 Å². The van der Waals surface area contributed by atoms with Gasteiger partial charge in [-0.3, -0.25) is 9.69 Å². The summed E-state index contributed by atoms with van der Waals surface area (Å²) in [6.45, 7) is 4.82. The molecule has 0 radical (unpaired) electrons. The number of carbonyl (C=O) groups excluding carboxylic acids is 1. The molecule has 6 rings (SSSR count). The van der Waals surface area contributed by atoms with E-state index in [0.717, 1.165) is 25.4 Å². The molecule has 6 heteroatoms. The first kappa shape index (κ1) is 16.8. The summed E-state index contributed by atoms with van der Waals surface area (Å²) in [5.41, 5.74) is 1.85. The number of methoxy groups -OCH3 is 1. The number of carbonyl (C=O) groups is 1. The van der Waals surface area contributed by atoms with Crippen LogP contribution in [0.25, 0.3) is 0 Å². The summed E-state index contributed by atoms with van der Waals surface area (Å²) in [5, 5.41) is 3.82. The normalized spacial score (nSPS) is 31.8. The molecular formula is C21H25N3O3. The van der Waals surface area contributed by atoms with Gasteiger partial charge in [0.05, 0.1) is 19.3 Å². The number of hydrogen-bond acceptors (Lipinski definition) is 5. The van der Waals surface area contributed by atoms with Gasteiger partial charge in [0.25, 0.3) is 5.91 Å². The van der Waals surface area contributed by atoms with Gasteiger partial charge >= 0.3 is 0 Å². The van der Waals surface area contributed by atoms with Gasteiger partial charge in [0.2, 0.25) is 0 Å². The molecule has 4 aliphatic heterocycles. The maximum atomic E-state index is 13.3. The van der Waals surface area contributed by atoms with Crippen LogP contribution in [0.15, 0.2) is 35.0 Å². The number of nitrogens with zero attached hydrogens (tertiary/aromatic N) is 3. The summed E-state index contributed by atoms with van der Waals surface area (Å²) in [4.78, 5) is 18.0. The molecular weight excluding hydrogens is 342 g/mol. The number of benzene rings is 1. The predicted molar refractivity (Wildman–Crippen MR) is 99.9 cm³/mol. The summed E-state index contributed by atoms with van der Waals surface area (Å²) < 4.78 is 10.6.